The number of amides is 1. The van der Waals surface area contributed by atoms with Gasteiger partial charge < -0.3 is 10.3 Å². The van der Waals surface area contributed by atoms with E-state index in [1.807, 2.05) is 24.4 Å². The molecule has 0 radical (unpaired) electrons. The Bertz CT molecular complexity index is 634. The molecule has 2 aromatic rings. The number of hydrogen-bond donors (Lipinski definition) is 1. The van der Waals surface area contributed by atoms with Crippen LogP contribution >= 0.6 is 11.3 Å². The Morgan fingerprint density at radius 2 is 2.22 bits per heavy atom. The minimum Gasteiger partial charge on any atom is -0.368 e. The topological polar surface area (TPSA) is 88.5 Å². The average molecular weight is 335 g/mol. The van der Waals surface area contributed by atoms with E-state index < -0.39 is 0 Å². The number of rotatable bonds is 6. The Kier molecular flexibility index (Phi) is 5.04. The molecular formula is C15H21N5O2S. The fraction of sp³-hybridized carbons (Fsp3) is 0.533. The first-order valence-corrected chi connectivity index (χ1v) is 8.67. The summed E-state index contributed by atoms with van der Waals surface area (Å²) in [5, 5.41) is 6.02. The molecule has 0 aliphatic carbocycles. The van der Waals surface area contributed by atoms with Crippen molar-refractivity contribution in [3.63, 3.8) is 0 Å². The van der Waals surface area contributed by atoms with Gasteiger partial charge in [-0.15, -0.1) is 11.3 Å². The molecule has 1 aliphatic heterocycles. The second-order valence-corrected chi connectivity index (χ2v) is 6.58. The van der Waals surface area contributed by atoms with E-state index in [2.05, 4.69) is 19.9 Å². The molecule has 3 rings (SSSR count). The zero-order chi connectivity index (χ0) is 16.2. The van der Waals surface area contributed by atoms with E-state index in [1.165, 1.54) is 0 Å². The third-order valence-corrected chi connectivity index (χ3v) is 5.00. The molecule has 1 amide bonds. The second kappa shape index (κ2) is 7.20. The molecule has 1 aliphatic rings. The zero-order valence-electron chi connectivity index (χ0n) is 13.1. The fourth-order valence-electron chi connectivity index (χ4n) is 2.89. The molecule has 1 unspecified atom stereocenters. The quantitative estimate of drug-likeness (QED) is 0.853. The van der Waals surface area contributed by atoms with Crippen LogP contribution in [0.15, 0.2) is 22.0 Å². The van der Waals surface area contributed by atoms with Gasteiger partial charge in [0.05, 0.1) is 17.5 Å². The summed E-state index contributed by atoms with van der Waals surface area (Å²) in [6.45, 7) is 6.01. The van der Waals surface area contributed by atoms with Crippen molar-refractivity contribution in [3.8, 4) is 10.7 Å². The molecule has 124 valence electrons. The molecular weight excluding hydrogens is 314 g/mol. The third-order valence-electron chi connectivity index (χ3n) is 4.13. The molecule has 1 saturated heterocycles. The van der Waals surface area contributed by atoms with Gasteiger partial charge in [-0.05, 0) is 17.9 Å². The van der Waals surface area contributed by atoms with Gasteiger partial charge in [-0.25, -0.2) is 0 Å². The number of aromatic nitrogens is 2. The van der Waals surface area contributed by atoms with Crippen LogP contribution in [0.4, 0.5) is 0 Å². The zero-order valence-corrected chi connectivity index (χ0v) is 14.0. The lowest BCUT2D eigenvalue weighted by Gasteiger charge is -2.37. The summed E-state index contributed by atoms with van der Waals surface area (Å²) in [4.78, 5) is 21.3. The van der Waals surface area contributed by atoms with E-state index in [0.717, 1.165) is 37.5 Å². The summed E-state index contributed by atoms with van der Waals surface area (Å²) >= 11 is 1.60. The third kappa shape index (κ3) is 3.77. The predicted molar refractivity (Wildman–Crippen MR) is 87.7 cm³/mol. The van der Waals surface area contributed by atoms with Gasteiger partial charge in [0, 0.05) is 26.2 Å². The number of carbonyl (C=O) groups is 1. The number of primary amides is 1. The number of nitrogens with two attached hydrogens (primary N) is 1. The summed E-state index contributed by atoms with van der Waals surface area (Å²) in [6.07, 6.45) is 0.753. The first-order chi connectivity index (χ1) is 11.2. The van der Waals surface area contributed by atoms with Crippen molar-refractivity contribution in [1.29, 1.82) is 0 Å². The predicted octanol–water partition coefficient (Wildman–Crippen LogP) is 1.18. The lowest BCUT2D eigenvalue weighted by Crippen LogP contribution is -2.53. The van der Waals surface area contributed by atoms with Crippen LogP contribution < -0.4 is 5.73 Å². The maximum absolute atomic E-state index is 11.5. The molecule has 3 heterocycles. The fourth-order valence-corrected chi connectivity index (χ4v) is 3.54. The molecule has 0 spiro atoms. The number of hydrogen-bond acceptors (Lipinski definition) is 7. The van der Waals surface area contributed by atoms with Crippen molar-refractivity contribution in [2.75, 3.05) is 26.2 Å². The number of thiophene rings is 1. The number of piperazine rings is 1. The van der Waals surface area contributed by atoms with Gasteiger partial charge in [0.15, 0.2) is 0 Å². The van der Waals surface area contributed by atoms with Crippen LogP contribution in [0.1, 0.15) is 19.2 Å². The summed E-state index contributed by atoms with van der Waals surface area (Å²) in [7, 11) is 0. The Balaban J connectivity index is 1.54. The Morgan fingerprint density at radius 3 is 2.83 bits per heavy atom. The van der Waals surface area contributed by atoms with Crippen LogP contribution in [-0.2, 0) is 11.3 Å². The van der Waals surface area contributed by atoms with Crippen molar-refractivity contribution in [2.24, 2.45) is 5.73 Å². The van der Waals surface area contributed by atoms with Gasteiger partial charge in [-0.2, -0.15) is 4.98 Å². The van der Waals surface area contributed by atoms with E-state index in [-0.39, 0.29) is 11.9 Å². The van der Waals surface area contributed by atoms with E-state index in [1.54, 1.807) is 11.3 Å². The van der Waals surface area contributed by atoms with E-state index in [9.17, 15) is 4.79 Å². The maximum atomic E-state index is 11.5. The van der Waals surface area contributed by atoms with E-state index in [0.29, 0.717) is 18.3 Å². The first-order valence-electron chi connectivity index (χ1n) is 7.79. The smallest absolute Gasteiger partial charge is 0.241 e. The Hall–Kier alpha value is -1.77. The van der Waals surface area contributed by atoms with Crippen molar-refractivity contribution < 1.29 is 9.32 Å². The summed E-state index contributed by atoms with van der Waals surface area (Å²) in [5.74, 6) is 1.04. The minimum absolute atomic E-state index is 0.161. The number of carbonyl (C=O) groups excluding carboxylic acids is 1. The van der Waals surface area contributed by atoms with Gasteiger partial charge in [0.2, 0.25) is 17.6 Å². The van der Waals surface area contributed by atoms with Crippen LogP contribution in [0.5, 0.6) is 0 Å². The van der Waals surface area contributed by atoms with Gasteiger partial charge >= 0.3 is 0 Å². The van der Waals surface area contributed by atoms with Gasteiger partial charge in [-0.1, -0.05) is 18.1 Å². The van der Waals surface area contributed by atoms with Crippen LogP contribution in [0.3, 0.4) is 0 Å². The molecule has 0 bridgehead atoms. The van der Waals surface area contributed by atoms with Crippen LogP contribution in [-0.4, -0.2) is 58.1 Å². The lowest BCUT2D eigenvalue weighted by molar-refractivity contribution is -0.124. The Morgan fingerprint density at radius 1 is 1.43 bits per heavy atom. The van der Waals surface area contributed by atoms with E-state index >= 15 is 0 Å². The monoisotopic (exact) mass is 335 g/mol. The standard InChI is InChI=1S/C15H21N5O2S/c1-2-11(14(16)21)20-7-5-19(6-8-20)10-13-17-15(18-22-13)12-4-3-9-23-12/h3-4,9,11H,2,5-8,10H2,1H3,(H2,16,21). The highest BCUT2D eigenvalue weighted by Crippen LogP contribution is 2.21. The summed E-state index contributed by atoms with van der Waals surface area (Å²) in [5.41, 5.74) is 5.46. The first kappa shape index (κ1) is 16.1. The van der Waals surface area contributed by atoms with Crippen LogP contribution in [0.25, 0.3) is 10.7 Å². The van der Waals surface area contributed by atoms with Gasteiger partial charge in [-0.3, -0.25) is 14.6 Å². The van der Waals surface area contributed by atoms with Crippen molar-refractivity contribution in [1.82, 2.24) is 19.9 Å². The molecule has 7 nitrogen and oxygen atoms in total. The van der Waals surface area contributed by atoms with Crippen LogP contribution in [0, 0.1) is 0 Å². The normalized spacial score (nSPS) is 18.1. The van der Waals surface area contributed by atoms with Crippen molar-refractivity contribution >= 4 is 17.2 Å². The minimum atomic E-state index is -0.238. The molecule has 0 saturated carbocycles. The molecule has 2 aromatic heterocycles. The lowest BCUT2D eigenvalue weighted by atomic mass is 10.1. The highest BCUT2D eigenvalue weighted by Gasteiger charge is 2.26. The van der Waals surface area contributed by atoms with Crippen LogP contribution in [0.2, 0.25) is 0 Å². The second-order valence-electron chi connectivity index (χ2n) is 5.63. The molecule has 1 fully saturated rings. The molecule has 1 atom stereocenters. The maximum Gasteiger partial charge on any atom is 0.241 e. The largest absolute Gasteiger partial charge is 0.368 e. The highest BCUT2D eigenvalue weighted by atomic mass is 32.1. The highest BCUT2D eigenvalue weighted by molar-refractivity contribution is 7.13. The average Bonchev–Trinajstić information content (AvgIpc) is 3.20. The summed E-state index contributed by atoms with van der Waals surface area (Å²) in [6, 6.07) is 3.79. The number of nitrogens with zero attached hydrogens (tertiary/aromatic N) is 4. The van der Waals surface area contributed by atoms with Gasteiger partial charge in [0.25, 0.3) is 0 Å². The van der Waals surface area contributed by atoms with E-state index in [4.69, 9.17) is 10.3 Å². The molecule has 0 aromatic carbocycles. The van der Waals surface area contributed by atoms with Crippen molar-refractivity contribution in [2.45, 2.75) is 25.9 Å². The SMILES string of the molecule is CCC(C(N)=O)N1CCN(Cc2nc(-c3cccs3)no2)CC1. The van der Waals surface area contributed by atoms with Gasteiger partial charge in [0.1, 0.15) is 0 Å². The summed E-state index contributed by atoms with van der Waals surface area (Å²) < 4.78 is 5.34. The molecule has 8 heteroatoms. The Labute approximate surface area is 139 Å². The van der Waals surface area contributed by atoms with Crippen molar-refractivity contribution in [3.05, 3.63) is 23.4 Å². The molecule has 23 heavy (non-hydrogen) atoms. The molecule has 2 N–H and O–H groups in total.